The average Bonchev–Trinajstić information content (AvgIpc) is 3.35. The number of sulfonamides is 1. The molecule has 1 aromatic carbocycles. The molecule has 0 bridgehead atoms. The number of benzene rings is 1. The third-order valence-corrected chi connectivity index (χ3v) is 8.91. The second kappa shape index (κ2) is 8.97. The Morgan fingerprint density at radius 2 is 1.81 bits per heavy atom. The molecule has 0 N–H and O–H groups in total. The van der Waals surface area contributed by atoms with Gasteiger partial charge in [-0.3, -0.25) is 4.79 Å². The van der Waals surface area contributed by atoms with Crippen molar-refractivity contribution in [1.82, 2.24) is 9.31 Å². The van der Waals surface area contributed by atoms with Crippen molar-refractivity contribution >= 4 is 33.0 Å². The number of nitrogens with zero attached hydrogens (tertiary/aromatic N) is 3. The largest absolute Gasteiger partial charge is 0.493 e. The van der Waals surface area contributed by atoms with Gasteiger partial charge in [0.05, 0.1) is 26.0 Å². The van der Waals surface area contributed by atoms with E-state index in [-0.39, 0.29) is 11.9 Å². The van der Waals surface area contributed by atoms with Crippen molar-refractivity contribution in [3.8, 4) is 11.5 Å². The van der Waals surface area contributed by atoms with Crippen molar-refractivity contribution in [2.75, 3.05) is 27.3 Å². The highest BCUT2D eigenvalue weighted by atomic mass is 32.2. The molecule has 0 radical (unpaired) electrons. The van der Waals surface area contributed by atoms with Crippen LogP contribution in [0, 0.1) is 0 Å². The fourth-order valence-corrected chi connectivity index (χ4v) is 6.56. The van der Waals surface area contributed by atoms with Crippen molar-refractivity contribution in [2.45, 2.75) is 35.9 Å². The van der Waals surface area contributed by atoms with Gasteiger partial charge in [0, 0.05) is 31.5 Å². The van der Waals surface area contributed by atoms with E-state index in [1.165, 1.54) is 15.6 Å². The summed E-state index contributed by atoms with van der Waals surface area (Å²) in [4.78, 5) is 12.6. The number of hydrogen-bond donors (Lipinski definition) is 0. The van der Waals surface area contributed by atoms with E-state index in [4.69, 9.17) is 9.47 Å². The number of carbonyl (C=O) groups excluding carboxylic acids is 1. The van der Waals surface area contributed by atoms with Gasteiger partial charge in [0.25, 0.3) is 10.0 Å². The highest BCUT2D eigenvalue weighted by Gasteiger charge is 2.35. The van der Waals surface area contributed by atoms with Crippen LogP contribution in [0.15, 0.2) is 45.0 Å². The monoisotopic (exact) mass is 463 g/mol. The number of rotatable bonds is 6. The number of methoxy groups -OCH3 is 2. The molecule has 31 heavy (non-hydrogen) atoms. The zero-order valence-corrected chi connectivity index (χ0v) is 19.1. The van der Waals surface area contributed by atoms with Crippen molar-refractivity contribution in [2.24, 2.45) is 5.10 Å². The number of carbonyl (C=O) groups is 1. The zero-order chi connectivity index (χ0) is 22.0. The first kappa shape index (κ1) is 21.8. The van der Waals surface area contributed by atoms with Gasteiger partial charge in [-0.2, -0.15) is 9.41 Å². The fourth-order valence-electron chi connectivity index (χ4n) is 3.94. The van der Waals surface area contributed by atoms with E-state index < -0.39 is 10.0 Å². The Bertz CT molecular complexity index is 1070. The zero-order valence-electron chi connectivity index (χ0n) is 17.5. The van der Waals surface area contributed by atoms with E-state index in [2.05, 4.69) is 5.10 Å². The first-order chi connectivity index (χ1) is 14.9. The second-order valence-electron chi connectivity index (χ2n) is 7.42. The number of ether oxygens (including phenoxy) is 2. The Kier molecular flexibility index (Phi) is 6.31. The quantitative estimate of drug-likeness (QED) is 0.657. The van der Waals surface area contributed by atoms with Gasteiger partial charge in [0.15, 0.2) is 11.5 Å². The van der Waals surface area contributed by atoms with E-state index in [0.29, 0.717) is 54.5 Å². The Labute approximate surface area is 186 Å². The van der Waals surface area contributed by atoms with Crippen molar-refractivity contribution in [3.05, 3.63) is 41.3 Å². The van der Waals surface area contributed by atoms with Crippen LogP contribution >= 0.6 is 11.3 Å². The lowest BCUT2D eigenvalue weighted by atomic mass is 10.0. The summed E-state index contributed by atoms with van der Waals surface area (Å²) < 4.78 is 38.0. The Hall–Kier alpha value is -2.43. The molecule has 1 saturated heterocycles. The number of thiophene rings is 1. The summed E-state index contributed by atoms with van der Waals surface area (Å²) in [7, 11) is -0.302. The molecule has 10 heteroatoms. The van der Waals surface area contributed by atoms with Gasteiger partial charge >= 0.3 is 0 Å². The average molecular weight is 464 g/mol. The Balaban J connectivity index is 1.50. The molecular weight excluding hydrogens is 438 g/mol. The molecule has 1 fully saturated rings. The third kappa shape index (κ3) is 4.32. The number of piperidine rings is 1. The molecule has 1 aromatic heterocycles. The standard InChI is InChI=1S/C21H25N3O5S2/c1-28-18-7-5-15(14-19(18)29-2)17-6-8-20(25)24(22-17)16-9-11-23(12-10-16)31(26,27)21-4-3-13-30-21/h3-5,7,13-14,16H,6,8-12H2,1-2H3. The molecule has 2 aliphatic heterocycles. The van der Waals surface area contributed by atoms with Gasteiger partial charge in [-0.25, -0.2) is 13.4 Å². The van der Waals surface area contributed by atoms with Crippen LogP contribution in [-0.2, 0) is 14.8 Å². The molecule has 0 atom stereocenters. The molecule has 166 valence electrons. The summed E-state index contributed by atoms with van der Waals surface area (Å²) in [5.41, 5.74) is 1.70. The molecule has 4 rings (SSSR count). The van der Waals surface area contributed by atoms with Gasteiger partial charge in [-0.1, -0.05) is 6.07 Å². The van der Waals surface area contributed by atoms with E-state index in [9.17, 15) is 13.2 Å². The lowest BCUT2D eigenvalue weighted by Crippen LogP contribution is -2.48. The molecule has 2 aromatic rings. The molecule has 0 spiro atoms. The fraction of sp³-hybridized carbons (Fsp3) is 0.429. The summed E-state index contributed by atoms with van der Waals surface area (Å²) in [6, 6.07) is 8.84. The highest BCUT2D eigenvalue weighted by molar-refractivity contribution is 7.91. The first-order valence-electron chi connectivity index (χ1n) is 10.1. The van der Waals surface area contributed by atoms with Crippen LogP contribution in [-0.4, -0.2) is 62.7 Å². The normalized spacial score (nSPS) is 18.7. The van der Waals surface area contributed by atoms with Gasteiger partial charge in [0.2, 0.25) is 5.91 Å². The van der Waals surface area contributed by atoms with Gasteiger partial charge in [-0.05, 0) is 42.5 Å². The minimum Gasteiger partial charge on any atom is -0.493 e. The molecule has 3 heterocycles. The van der Waals surface area contributed by atoms with E-state index in [0.717, 1.165) is 11.3 Å². The predicted molar refractivity (Wildman–Crippen MR) is 118 cm³/mol. The van der Waals surface area contributed by atoms with Gasteiger partial charge in [0.1, 0.15) is 4.21 Å². The predicted octanol–water partition coefficient (Wildman–Crippen LogP) is 2.95. The van der Waals surface area contributed by atoms with Crippen LogP contribution in [0.25, 0.3) is 0 Å². The lowest BCUT2D eigenvalue weighted by Gasteiger charge is -2.37. The number of hydrogen-bond acceptors (Lipinski definition) is 7. The van der Waals surface area contributed by atoms with Crippen LogP contribution in [0.4, 0.5) is 0 Å². The first-order valence-corrected chi connectivity index (χ1v) is 12.4. The van der Waals surface area contributed by atoms with Crippen LogP contribution in [0.3, 0.4) is 0 Å². The lowest BCUT2D eigenvalue weighted by molar-refractivity contribution is -0.134. The molecule has 2 aliphatic rings. The number of hydrazone groups is 1. The van der Waals surface area contributed by atoms with Gasteiger partial charge in [-0.15, -0.1) is 11.3 Å². The van der Waals surface area contributed by atoms with Gasteiger partial charge < -0.3 is 9.47 Å². The molecular formula is C21H25N3O5S2. The van der Waals surface area contributed by atoms with Crippen LogP contribution in [0.5, 0.6) is 11.5 Å². The summed E-state index contributed by atoms with van der Waals surface area (Å²) >= 11 is 1.22. The Morgan fingerprint density at radius 3 is 2.45 bits per heavy atom. The number of amides is 1. The van der Waals surface area contributed by atoms with E-state index >= 15 is 0 Å². The third-order valence-electron chi connectivity index (χ3n) is 5.63. The molecule has 0 aliphatic carbocycles. The molecule has 1 amide bonds. The van der Waals surface area contributed by atoms with E-state index in [1.807, 2.05) is 18.2 Å². The molecule has 0 saturated carbocycles. The molecule has 0 unspecified atom stereocenters. The summed E-state index contributed by atoms with van der Waals surface area (Å²) in [6.07, 6.45) is 2.04. The maximum absolute atomic E-state index is 12.8. The summed E-state index contributed by atoms with van der Waals surface area (Å²) in [5.74, 6) is 1.22. The minimum atomic E-state index is -3.47. The second-order valence-corrected chi connectivity index (χ2v) is 10.5. The van der Waals surface area contributed by atoms with Crippen molar-refractivity contribution < 1.29 is 22.7 Å². The molecule has 8 nitrogen and oxygen atoms in total. The van der Waals surface area contributed by atoms with Crippen molar-refractivity contribution in [3.63, 3.8) is 0 Å². The topological polar surface area (TPSA) is 88.5 Å². The van der Waals surface area contributed by atoms with Crippen LogP contribution < -0.4 is 9.47 Å². The smallest absolute Gasteiger partial charge is 0.252 e. The Morgan fingerprint density at radius 1 is 1.06 bits per heavy atom. The minimum absolute atomic E-state index is 0.0243. The summed E-state index contributed by atoms with van der Waals surface area (Å²) in [6.45, 7) is 0.742. The van der Waals surface area contributed by atoms with E-state index in [1.54, 1.807) is 36.7 Å². The van der Waals surface area contributed by atoms with Crippen LogP contribution in [0.1, 0.15) is 31.2 Å². The highest BCUT2D eigenvalue weighted by Crippen LogP contribution is 2.31. The van der Waals surface area contributed by atoms with Crippen LogP contribution in [0.2, 0.25) is 0 Å². The summed E-state index contributed by atoms with van der Waals surface area (Å²) in [5, 5.41) is 7.98. The SMILES string of the molecule is COc1ccc(C2=NN(C3CCN(S(=O)(=O)c4cccs4)CC3)C(=O)CC2)cc1OC. The van der Waals surface area contributed by atoms with Crippen molar-refractivity contribution in [1.29, 1.82) is 0 Å². The maximum Gasteiger partial charge on any atom is 0.252 e. The maximum atomic E-state index is 12.8.